The molecule has 1 fully saturated rings. The van der Waals surface area contributed by atoms with E-state index in [-0.39, 0.29) is 28.7 Å². The molecule has 2 aromatic heterocycles. The summed E-state index contributed by atoms with van der Waals surface area (Å²) in [5.41, 5.74) is -0.472. The second-order valence-electron chi connectivity index (χ2n) is 8.19. The van der Waals surface area contributed by atoms with E-state index in [1.165, 1.54) is 11.8 Å². The van der Waals surface area contributed by atoms with E-state index in [0.29, 0.717) is 49.0 Å². The summed E-state index contributed by atoms with van der Waals surface area (Å²) in [4.78, 5) is 29.4. The number of pyridine rings is 1. The largest absolute Gasteiger partial charge is 0.477 e. The van der Waals surface area contributed by atoms with Crippen LogP contribution in [0.1, 0.15) is 27.2 Å². The number of rotatable bonds is 1. The van der Waals surface area contributed by atoms with Crippen molar-refractivity contribution in [2.24, 2.45) is 0 Å². The molecule has 1 atom stereocenters. The fourth-order valence-electron chi connectivity index (χ4n) is 3.65. The van der Waals surface area contributed by atoms with Crippen molar-refractivity contribution in [3.8, 4) is 5.88 Å². The van der Waals surface area contributed by atoms with Crippen molar-refractivity contribution in [3.05, 3.63) is 11.0 Å². The number of hydrogen-bond acceptors (Lipinski definition) is 8. The first kappa shape index (κ1) is 21.2. The van der Waals surface area contributed by atoms with Crippen LogP contribution < -0.4 is 9.64 Å². The third kappa shape index (κ3) is 3.94. The molecule has 2 aromatic rings. The van der Waals surface area contributed by atoms with Gasteiger partial charge in [-0.15, -0.1) is 0 Å². The van der Waals surface area contributed by atoms with Gasteiger partial charge >= 0.3 is 6.09 Å². The Morgan fingerprint density at radius 1 is 1.30 bits per heavy atom. The van der Waals surface area contributed by atoms with Crippen LogP contribution in [0.5, 0.6) is 5.88 Å². The van der Waals surface area contributed by atoms with Crippen LogP contribution >= 0.6 is 23.4 Å². The number of carbonyl (C=O) groups excluding carboxylic acids is 1. The number of amides is 1. The van der Waals surface area contributed by atoms with Crippen LogP contribution in [0.25, 0.3) is 10.9 Å². The van der Waals surface area contributed by atoms with Crippen molar-refractivity contribution in [2.45, 2.75) is 44.0 Å². The molecule has 1 saturated heterocycles. The Morgan fingerprint density at radius 3 is 2.77 bits per heavy atom. The van der Waals surface area contributed by atoms with Gasteiger partial charge in [-0.1, -0.05) is 23.4 Å². The summed E-state index contributed by atoms with van der Waals surface area (Å²) in [6, 6.07) is -0.0639. The number of carbonyl (C=O) groups is 1. The smallest absolute Gasteiger partial charge is 0.410 e. The van der Waals surface area contributed by atoms with E-state index in [1.54, 1.807) is 4.90 Å². The maximum Gasteiger partial charge on any atom is 0.410 e. The predicted octanol–water partition coefficient (Wildman–Crippen LogP) is 3.75. The normalized spacial score (nSPS) is 19.1. The highest BCUT2D eigenvalue weighted by Gasteiger charge is 2.36. The average molecular weight is 456 g/mol. The lowest BCUT2D eigenvalue weighted by atomic mass is 10.1. The van der Waals surface area contributed by atoms with Gasteiger partial charge in [0, 0.05) is 26.1 Å². The van der Waals surface area contributed by atoms with E-state index in [4.69, 9.17) is 21.1 Å². The van der Waals surface area contributed by atoms with Crippen LogP contribution in [0.3, 0.4) is 0 Å². The van der Waals surface area contributed by atoms with E-state index in [1.807, 2.05) is 27.0 Å². The molecule has 0 bridgehead atoms. The summed E-state index contributed by atoms with van der Waals surface area (Å²) >= 11 is 7.29. The van der Waals surface area contributed by atoms with Gasteiger partial charge in [0.15, 0.2) is 16.1 Å². The maximum atomic E-state index is 14.8. The van der Waals surface area contributed by atoms with Crippen molar-refractivity contribution in [1.82, 2.24) is 19.9 Å². The van der Waals surface area contributed by atoms with Crippen LogP contribution in [-0.2, 0) is 4.74 Å². The molecule has 162 valence electrons. The van der Waals surface area contributed by atoms with Gasteiger partial charge < -0.3 is 19.3 Å². The third-order valence-corrected chi connectivity index (χ3v) is 5.75. The molecule has 11 heteroatoms. The number of ether oxygens (including phenoxy) is 2. The molecule has 0 aliphatic carbocycles. The van der Waals surface area contributed by atoms with Gasteiger partial charge in [0.1, 0.15) is 22.3 Å². The molecular weight excluding hydrogens is 433 g/mol. The lowest BCUT2D eigenvalue weighted by molar-refractivity contribution is 0.0207. The molecule has 1 amide bonds. The number of aromatic nitrogens is 3. The predicted molar refractivity (Wildman–Crippen MR) is 113 cm³/mol. The molecule has 4 heterocycles. The van der Waals surface area contributed by atoms with Crippen LogP contribution in [-0.4, -0.2) is 70.1 Å². The number of thioether (sulfide) groups is 1. The molecule has 2 aliphatic heterocycles. The minimum Gasteiger partial charge on any atom is -0.477 e. The Balaban J connectivity index is 1.75. The van der Waals surface area contributed by atoms with Crippen molar-refractivity contribution in [2.75, 3.05) is 37.4 Å². The summed E-state index contributed by atoms with van der Waals surface area (Å²) in [5.74, 6) is 0.0884. The van der Waals surface area contributed by atoms with E-state index < -0.39 is 11.4 Å². The second kappa shape index (κ2) is 7.88. The van der Waals surface area contributed by atoms with E-state index in [2.05, 4.69) is 19.9 Å². The number of anilines is 1. The molecule has 0 radical (unpaired) electrons. The van der Waals surface area contributed by atoms with Crippen LogP contribution in [0.2, 0.25) is 5.15 Å². The molecule has 2 aliphatic rings. The molecule has 4 rings (SSSR count). The Hall–Kier alpha value is -2.07. The summed E-state index contributed by atoms with van der Waals surface area (Å²) in [5, 5.41) is 0.560. The number of fused-ring (bicyclic) bond motifs is 2. The zero-order valence-electron chi connectivity index (χ0n) is 17.2. The topological polar surface area (TPSA) is 80.7 Å². The Labute approximate surface area is 183 Å². The van der Waals surface area contributed by atoms with Crippen molar-refractivity contribution in [3.63, 3.8) is 0 Å². The monoisotopic (exact) mass is 455 g/mol. The molecular formula is C19H23ClFN5O3S. The second-order valence-corrected chi connectivity index (χ2v) is 9.32. The maximum absolute atomic E-state index is 14.8. The summed E-state index contributed by atoms with van der Waals surface area (Å²) in [6.45, 7) is 7.31. The van der Waals surface area contributed by atoms with Crippen molar-refractivity contribution >= 4 is 46.2 Å². The third-order valence-electron chi connectivity index (χ3n) is 4.95. The van der Waals surface area contributed by atoms with Gasteiger partial charge in [-0.3, -0.25) is 0 Å². The minimum absolute atomic E-state index is 0.0639. The van der Waals surface area contributed by atoms with Gasteiger partial charge in [-0.2, -0.15) is 4.98 Å². The van der Waals surface area contributed by atoms with Crippen molar-refractivity contribution < 1.29 is 18.7 Å². The summed E-state index contributed by atoms with van der Waals surface area (Å²) in [6.07, 6.45) is 2.12. The molecule has 1 unspecified atom stereocenters. The van der Waals surface area contributed by atoms with E-state index in [9.17, 15) is 9.18 Å². The number of halogens is 2. The van der Waals surface area contributed by atoms with Crippen LogP contribution in [0, 0.1) is 5.82 Å². The van der Waals surface area contributed by atoms with Gasteiger partial charge in [0.2, 0.25) is 5.88 Å². The minimum atomic E-state index is -0.692. The van der Waals surface area contributed by atoms with E-state index in [0.717, 1.165) is 0 Å². The lowest BCUT2D eigenvalue weighted by Crippen LogP contribution is -2.56. The molecule has 0 saturated carbocycles. The van der Waals surface area contributed by atoms with Crippen molar-refractivity contribution in [1.29, 1.82) is 0 Å². The Morgan fingerprint density at radius 2 is 2.07 bits per heavy atom. The van der Waals surface area contributed by atoms with Gasteiger partial charge in [0.25, 0.3) is 0 Å². The van der Waals surface area contributed by atoms with Gasteiger partial charge in [0.05, 0.1) is 12.6 Å². The van der Waals surface area contributed by atoms with E-state index >= 15 is 0 Å². The molecule has 0 spiro atoms. The Kier molecular flexibility index (Phi) is 5.56. The van der Waals surface area contributed by atoms with Gasteiger partial charge in [-0.25, -0.2) is 19.2 Å². The summed E-state index contributed by atoms with van der Waals surface area (Å²) in [7, 11) is 0. The highest BCUT2D eigenvalue weighted by atomic mass is 35.5. The molecule has 0 N–H and O–H groups in total. The van der Waals surface area contributed by atoms with Crippen LogP contribution in [0.4, 0.5) is 15.0 Å². The van der Waals surface area contributed by atoms with Crippen LogP contribution in [0.15, 0.2) is 5.16 Å². The first-order valence-corrected chi connectivity index (χ1v) is 11.3. The number of hydrogen-bond donors (Lipinski definition) is 0. The SMILES string of the molecule is CSc1nc2c3c(nc(Cl)c(F)c3n1)OCCC1CN(C(=O)OC(C)(C)C)CCN21. The lowest BCUT2D eigenvalue weighted by Gasteiger charge is -2.43. The zero-order chi connectivity index (χ0) is 21.6. The molecule has 30 heavy (non-hydrogen) atoms. The average Bonchev–Trinajstić information content (AvgIpc) is 2.68. The first-order chi connectivity index (χ1) is 14.2. The quantitative estimate of drug-likeness (QED) is 0.365. The fraction of sp³-hybridized carbons (Fsp3) is 0.579. The highest BCUT2D eigenvalue weighted by molar-refractivity contribution is 7.98. The zero-order valence-corrected chi connectivity index (χ0v) is 18.8. The van der Waals surface area contributed by atoms with Gasteiger partial charge in [-0.05, 0) is 27.0 Å². The fourth-order valence-corrected chi connectivity index (χ4v) is 4.17. The Bertz CT molecular complexity index is 1000. The number of nitrogens with zero attached hydrogens (tertiary/aromatic N) is 5. The summed E-state index contributed by atoms with van der Waals surface area (Å²) < 4.78 is 26.1. The number of piperazine rings is 1. The molecule has 8 nitrogen and oxygen atoms in total. The standard InChI is InChI=1S/C19H23ClFN5O3S/c1-19(2,3)29-18(27)25-6-7-26-10(9-25)5-8-28-16-11-13(12(21)14(20)23-16)22-17(30-4)24-15(11)26/h10H,5-9H2,1-4H3. The first-order valence-electron chi connectivity index (χ1n) is 9.66. The highest BCUT2D eigenvalue weighted by Crippen LogP contribution is 2.39. The molecule has 0 aromatic carbocycles.